The van der Waals surface area contributed by atoms with Gasteiger partial charge >= 0.3 is 6.03 Å². The fourth-order valence-electron chi connectivity index (χ4n) is 2.57. The Morgan fingerprint density at radius 1 is 1.42 bits per heavy atom. The highest BCUT2D eigenvalue weighted by atomic mass is 32.1. The molecule has 1 aliphatic rings. The van der Waals surface area contributed by atoms with E-state index in [0.29, 0.717) is 4.70 Å². The van der Waals surface area contributed by atoms with Gasteiger partial charge in [-0.15, -0.1) is 0 Å². The molecule has 9 heteroatoms. The number of hydrogen-bond acceptors (Lipinski definition) is 5. The van der Waals surface area contributed by atoms with E-state index >= 15 is 0 Å². The fourth-order valence-corrected chi connectivity index (χ4v) is 3.44. The Labute approximate surface area is 140 Å². The number of nitrogens with zero attached hydrogens (tertiary/aromatic N) is 2. The highest BCUT2D eigenvalue weighted by Gasteiger charge is 2.40. The molecule has 1 aromatic heterocycles. The number of imide groups is 1. The van der Waals surface area contributed by atoms with Crippen LogP contribution < -0.4 is 10.6 Å². The summed E-state index contributed by atoms with van der Waals surface area (Å²) in [6, 6.07) is 2.72. The first kappa shape index (κ1) is 16.3. The molecule has 0 bridgehead atoms. The molecule has 3 rings (SSSR count). The molecule has 4 amide bonds. The molecule has 0 spiro atoms. The monoisotopic (exact) mass is 350 g/mol. The number of likely N-dealkylation sites (tertiary alicyclic amines) is 1. The van der Waals surface area contributed by atoms with Crippen LogP contribution in [0, 0.1) is 5.82 Å². The van der Waals surface area contributed by atoms with E-state index in [4.69, 9.17) is 0 Å². The second kappa shape index (κ2) is 6.16. The molecule has 1 aliphatic heterocycles. The van der Waals surface area contributed by atoms with Gasteiger partial charge in [0.1, 0.15) is 17.4 Å². The number of rotatable bonds is 3. The van der Waals surface area contributed by atoms with Gasteiger partial charge in [-0.1, -0.05) is 17.4 Å². The first-order valence-electron chi connectivity index (χ1n) is 7.35. The summed E-state index contributed by atoms with van der Waals surface area (Å²) in [4.78, 5) is 41.1. The maximum absolute atomic E-state index is 13.6. The number of fused-ring (bicyclic) bond motifs is 1. The second-order valence-corrected chi connectivity index (χ2v) is 6.69. The summed E-state index contributed by atoms with van der Waals surface area (Å²) in [5, 5.41) is 5.15. The molecule has 1 unspecified atom stereocenters. The normalized spacial score (nSPS) is 17.8. The number of aromatic nitrogens is 1. The summed E-state index contributed by atoms with van der Waals surface area (Å²) < 4.78 is 14.2. The third-order valence-electron chi connectivity index (χ3n) is 3.59. The lowest BCUT2D eigenvalue weighted by molar-refractivity contribution is -0.140. The van der Waals surface area contributed by atoms with E-state index in [1.54, 1.807) is 26.0 Å². The van der Waals surface area contributed by atoms with Crippen LogP contribution in [-0.4, -0.2) is 39.8 Å². The molecule has 7 nitrogen and oxygen atoms in total. The van der Waals surface area contributed by atoms with E-state index in [9.17, 15) is 18.8 Å². The van der Waals surface area contributed by atoms with Crippen molar-refractivity contribution in [1.29, 1.82) is 0 Å². The van der Waals surface area contributed by atoms with E-state index < -0.39 is 23.8 Å². The minimum Gasteiger partial charge on any atom is -0.325 e. The first-order valence-corrected chi connectivity index (χ1v) is 8.17. The van der Waals surface area contributed by atoms with E-state index in [0.717, 1.165) is 16.2 Å². The zero-order valence-corrected chi connectivity index (χ0v) is 13.8. The van der Waals surface area contributed by atoms with Gasteiger partial charge in [-0.3, -0.25) is 19.8 Å². The number of hydrogen-bond donors (Lipinski definition) is 2. The maximum Gasteiger partial charge on any atom is 0.321 e. The number of amides is 4. The van der Waals surface area contributed by atoms with Gasteiger partial charge in [0.25, 0.3) is 5.91 Å². The molecular formula is C15H15FN4O3S. The Kier molecular flexibility index (Phi) is 4.18. The first-order chi connectivity index (χ1) is 11.4. The quantitative estimate of drug-likeness (QED) is 0.829. The van der Waals surface area contributed by atoms with Crippen molar-refractivity contribution in [3.63, 3.8) is 0 Å². The van der Waals surface area contributed by atoms with Crippen molar-refractivity contribution >= 4 is 44.5 Å². The van der Waals surface area contributed by atoms with Crippen molar-refractivity contribution in [1.82, 2.24) is 15.2 Å². The van der Waals surface area contributed by atoms with E-state index in [-0.39, 0.29) is 29.0 Å². The van der Waals surface area contributed by atoms with Crippen LogP contribution in [0.3, 0.4) is 0 Å². The summed E-state index contributed by atoms with van der Waals surface area (Å²) in [7, 11) is 0. The number of anilines is 1. The van der Waals surface area contributed by atoms with Crippen LogP contribution in [0.5, 0.6) is 0 Å². The van der Waals surface area contributed by atoms with Gasteiger partial charge in [0.2, 0.25) is 5.91 Å². The average Bonchev–Trinajstić information content (AvgIpc) is 3.01. The van der Waals surface area contributed by atoms with Gasteiger partial charge in [0.15, 0.2) is 5.13 Å². The van der Waals surface area contributed by atoms with Crippen LogP contribution in [-0.2, 0) is 9.59 Å². The zero-order valence-electron chi connectivity index (χ0n) is 13.0. The van der Waals surface area contributed by atoms with Gasteiger partial charge in [-0.25, -0.2) is 14.2 Å². The topological polar surface area (TPSA) is 91.4 Å². The molecule has 0 radical (unpaired) electrons. The highest BCUT2D eigenvalue weighted by molar-refractivity contribution is 7.22. The SMILES string of the molecule is CC(C)N1C(=O)CC(NC(=O)Nc2nc3c(F)cccc3s2)C1=O. The Hall–Kier alpha value is -2.55. The minimum absolute atomic E-state index is 0.0705. The van der Waals surface area contributed by atoms with Crippen molar-refractivity contribution in [2.75, 3.05) is 5.32 Å². The van der Waals surface area contributed by atoms with Crippen LogP contribution in [0.25, 0.3) is 10.2 Å². The van der Waals surface area contributed by atoms with Crippen molar-refractivity contribution in [3.05, 3.63) is 24.0 Å². The van der Waals surface area contributed by atoms with Crippen molar-refractivity contribution in [2.24, 2.45) is 0 Å². The summed E-state index contributed by atoms with van der Waals surface area (Å²) in [5.41, 5.74) is 0.177. The molecule has 0 saturated carbocycles. The Morgan fingerprint density at radius 3 is 2.79 bits per heavy atom. The lowest BCUT2D eigenvalue weighted by Gasteiger charge is -2.19. The highest BCUT2D eigenvalue weighted by Crippen LogP contribution is 2.27. The molecule has 126 valence electrons. The van der Waals surface area contributed by atoms with E-state index in [1.807, 2.05) is 0 Å². The predicted molar refractivity (Wildman–Crippen MR) is 87.1 cm³/mol. The third kappa shape index (κ3) is 2.94. The average molecular weight is 350 g/mol. The van der Waals surface area contributed by atoms with Crippen LogP contribution in [0.15, 0.2) is 18.2 Å². The van der Waals surface area contributed by atoms with Crippen LogP contribution in [0.4, 0.5) is 14.3 Å². The van der Waals surface area contributed by atoms with Crippen LogP contribution in [0.1, 0.15) is 20.3 Å². The number of carbonyl (C=O) groups excluding carboxylic acids is 3. The number of nitrogens with one attached hydrogen (secondary N) is 2. The summed E-state index contributed by atoms with van der Waals surface area (Å²) >= 11 is 1.12. The molecule has 24 heavy (non-hydrogen) atoms. The van der Waals surface area contributed by atoms with E-state index in [1.165, 1.54) is 6.07 Å². The van der Waals surface area contributed by atoms with Gasteiger partial charge in [0.05, 0.1) is 11.1 Å². The summed E-state index contributed by atoms with van der Waals surface area (Å²) in [5.74, 6) is -1.22. The third-order valence-corrected chi connectivity index (χ3v) is 4.53. The number of benzene rings is 1. The Balaban J connectivity index is 1.68. The molecule has 0 aliphatic carbocycles. The van der Waals surface area contributed by atoms with Gasteiger partial charge in [-0.2, -0.15) is 0 Å². The molecular weight excluding hydrogens is 335 g/mol. The Morgan fingerprint density at radius 2 is 2.17 bits per heavy atom. The molecule has 1 saturated heterocycles. The molecule has 2 heterocycles. The smallest absolute Gasteiger partial charge is 0.321 e. The van der Waals surface area contributed by atoms with Crippen LogP contribution in [0.2, 0.25) is 0 Å². The van der Waals surface area contributed by atoms with Gasteiger partial charge < -0.3 is 5.32 Å². The fraction of sp³-hybridized carbons (Fsp3) is 0.333. The molecule has 2 aromatic rings. The number of urea groups is 1. The van der Waals surface area contributed by atoms with Gasteiger partial charge in [-0.05, 0) is 26.0 Å². The number of para-hydroxylation sites is 1. The second-order valence-electron chi connectivity index (χ2n) is 5.66. The lowest BCUT2D eigenvalue weighted by Crippen LogP contribution is -2.45. The van der Waals surface area contributed by atoms with Crippen molar-refractivity contribution in [2.45, 2.75) is 32.4 Å². The summed E-state index contributed by atoms with van der Waals surface area (Å²) in [6.07, 6.45) is -0.0705. The largest absolute Gasteiger partial charge is 0.325 e. The molecule has 1 aromatic carbocycles. The Bertz CT molecular complexity index is 835. The van der Waals surface area contributed by atoms with Crippen molar-refractivity contribution < 1.29 is 18.8 Å². The molecule has 2 N–H and O–H groups in total. The van der Waals surface area contributed by atoms with Crippen molar-refractivity contribution in [3.8, 4) is 0 Å². The number of carbonyl (C=O) groups is 3. The standard InChI is InChI=1S/C15H15FN4O3S/c1-7(2)20-11(21)6-9(13(20)22)17-14(23)19-15-18-12-8(16)4-3-5-10(12)24-15/h3-5,7,9H,6H2,1-2H3,(H2,17,18,19,23). The van der Waals surface area contributed by atoms with E-state index in [2.05, 4.69) is 15.6 Å². The number of halogens is 1. The lowest BCUT2D eigenvalue weighted by atomic mass is 10.2. The predicted octanol–water partition coefficient (Wildman–Crippen LogP) is 2.09. The molecule has 1 atom stereocenters. The number of thiazole rings is 1. The van der Waals surface area contributed by atoms with Crippen LogP contribution >= 0.6 is 11.3 Å². The minimum atomic E-state index is -0.897. The zero-order chi connectivity index (χ0) is 17.4. The van der Waals surface area contributed by atoms with Gasteiger partial charge in [0, 0.05) is 6.04 Å². The summed E-state index contributed by atoms with van der Waals surface area (Å²) in [6.45, 7) is 3.46. The maximum atomic E-state index is 13.6. The molecule has 1 fully saturated rings.